The molecule has 6 heteroatoms. The van der Waals surface area contributed by atoms with E-state index < -0.39 is 5.92 Å². The molecule has 2 N–H and O–H groups in total. The Bertz CT molecular complexity index is 1550. The molecule has 4 aromatic carbocycles. The van der Waals surface area contributed by atoms with Crippen LogP contribution in [0.15, 0.2) is 108 Å². The van der Waals surface area contributed by atoms with Crippen LogP contribution < -0.4 is 10.3 Å². The highest BCUT2D eigenvalue weighted by Gasteiger charge is 2.44. The summed E-state index contributed by atoms with van der Waals surface area (Å²) in [5.41, 5.74) is 7.59. The molecule has 0 aliphatic carbocycles. The van der Waals surface area contributed by atoms with Gasteiger partial charge in [-0.05, 0) is 49.2 Å². The summed E-state index contributed by atoms with van der Waals surface area (Å²) >= 11 is 0. The quantitative estimate of drug-likeness (QED) is 0.303. The molecule has 0 saturated carbocycles. The number of amides is 1. The van der Waals surface area contributed by atoms with Gasteiger partial charge in [0.05, 0.1) is 28.5 Å². The van der Waals surface area contributed by atoms with Gasteiger partial charge in [0.25, 0.3) is 0 Å². The first-order valence-corrected chi connectivity index (χ1v) is 12.4. The van der Waals surface area contributed by atoms with Crippen molar-refractivity contribution < 1.29 is 4.79 Å². The molecule has 6 nitrogen and oxygen atoms in total. The molecule has 5 aromatic rings. The Morgan fingerprint density at radius 1 is 0.811 bits per heavy atom. The average Bonchev–Trinajstić information content (AvgIpc) is 3.52. The molecule has 2 unspecified atom stereocenters. The van der Waals surface area contributed by atoms with Crippen molar-refractivity contribution in [1.29, 1.82) is 0 Å². The summed E-state index contributed by atoms with van der Waals surface area (Å²) in [7, 11) is 0. The number of hydrogen-bond donors (Lipinski definition) is 2. The number of anilines is 2. The van der Waals surface area contributed by atoms with E-state index in [2.05, 4.69) is 65.5 Å². The maximum Gasteiger partial charge on any atom is 0.238 e. The lowest BCUT2D eigenvalue weighted by Crippen LogP contribution is -2.35. The van der Waals surface area contributed by atoms with Crippen molar-refractivity contribution in [2.75, 3.05) is 10.3 Å². The van der Waals surface area contributed by atoms with Crippen LogP contribution in [0, 0.1) is 19.8 Å². The van der Waals surface area contributed by atoms with Gasteiger partial charge in [-0.15, -0.1) is 0 Å². The van der Waals surface area contributed by atoms with Crippen LogP contribution in [0.25, 0.3) is 11.0 Å². The Morgan fingerprint density at radius 2 is 1.46 bits per heavy atom. The van der Waals surface area contributed by atoms with Crippen LogP contribution in [0.2, 0.25) is 0 Å². The number of para-hydroxylation sites is 3. The van der Waals surface area contributed by atoms with Crippen molar-refractivity contribution >= 4 is 34.3 Å². The summed E-state index contributed by atoms with van der Waals surface area (Å²) in [6, 6.07) is 33.9. The third-order valence-corrected chi connectivity index (χ3v) is 6.79. The summed E-state index contributed by atoms with van der Waals surface area (Å²) in [4.78, 5) is 21.9. The molecule has 0 bridgehead atoms. The van der Waals surface area contributed by atoms with Crippen molar-refractivity contribution in [3.63, 3.8) is 0 Å². The van der Waals surface area contributed by atoms with Gasteiger partial charge in [0.15, 0.2) is 0 Å². The van der Waals surface area contributed by atoms with Crippen LogP contribution >= 0.6 is 0 Å². The second-order valence-corrected chi connectivity index (χ2v) is 9.46. The molecule has 0 spiro atoms. The zero-order valence-corrected chi connectivity index (χ0v) is 20.7. The number of aryl methyl sites for hydroxylation is 2. The SMILES string of the molecule is Cc1ccc(C2=NN(c3ccccc3)C(c3ccc(C)cc3)C2C(=O)Nc2nc3ccccc3[nH]2)cc1. The van der Waals surface area contributed by atoms with Crippen LogP contribution in [0.5, 0.6) is 0 Å². The molecule has 37 heavy (non-hydrogen) atoms. The fraction of sp³-hybridized carbons (Fsp3) is 0.129. The standard InChI is InChI=1S/C31H27N5O/c1-20-12-16-22(17-13-20)28-27(30(37)34-31-32-25-10-6-7-11-26(25)33-31)29(23-18-14-21(2)15-19-23)36(35-28)24-8-4-3-5-9-24/h3-19,27,29H,1-2H3,(H2,32,33,34,37). The van der Waals surface area contributed by atoms with Gasteiger partial charge in [0, 0.05) is 0 Å². The third-order valence-electron chi connectivity index (χ3n) is 6.79. The molecule has 0 radical (unpaired) electrons. The number of fused-ring (bicyclic) bond motifs is 1. The molecule has 0 fully saturated rings. The van der Waals surface area contributed by atoms with Gasteiger partial charge in [0.2, 0.25) is 11.9 Å². The molecule has 2 atom stereocenters. The van der Waals surface area contributed by atoms with Crippen molar-refractivity contribution in [3.05, 3.63) is 125 Å². The lowest BCUT2D eigenvalue weighted by molar-refractivity contribution is -0.118. The topological polar surface area (TPSA) is 73.4 Å². The second-order valence-electron chi connectivity index (χ2n) is 9.46. The number of carbonyl (C=O) groups is 1. The van der Waals surface area contributed by atoms with Gasteiger partial charge in [0.1, 0.15) is 5.92 Å². The molecule has 2 heterocycles. The monoisotopic (exact) mass is 485 g/mol. The van der Waals surface area contributed by atoms with Crippen molar-refractivity contribution in [1.82, 2.24) is 9.97 Å². The summed E-state index contributed by atoms with van der Waals surface area (Å²) in [6.07, 6.45) is 0. The molecule has 1 aliphatic heterocycles. The first kappa shape index (κ1) is 22.7. The van der Waals surface area contributed by atoms with Crippen LogP contribution in [-0.2, 0) is 4.79 Å². The molecule has 1 amide bonds. The number of carbonyl (C=O) groups excluding carboxylic acids is 1. The Hall–Kier alpha value is -4.71. The Morgan fingerprint density at radius 3 is 2.16 bits per heavy atom. The van der Waals surface area contributed by atoms with Crippen molar-refractivity contribution in [2.24, 2.45) is 11.0 Å². The van der Waals surface area contributed by atoms with Crippen molar-refractivity contribution in [2.45, 2.75) is 19.9 Å². The van der Waals surface area contributed by atoms with Gasteiger partial charge >= 0.3 is 0 Å². The first-order valence-electron chi connectivity index (χ1n) is 12.4. The number of aromatic amines is 1. The van der Waals surface area contributed by atoms with E-state index in [0.717, 1.165) is 44.7 Å². The zero-order valence-electron chi connectivity index (χ0n) is 20.7. The first-order chi connectivity index (χ1) is 18.1. The average molecular weight is 486 g/mol. The van der Waals surface area contributed by atoms with E-state index >= 15 is 0 Å². The number of benzene rings is 4. The van der Waals surface area contributed by atoms with E-state index in [-0.39, 0.29) is 11.9 Å². The minimum Gasteiger partial charge on any atom is -0.324 e. The zero-order chi connectivity index (χ0) is 25.4. The van der Waals surface area contributed by atoms with E-state index in [1.54, 1.807) is 0 Å². The van der Waals surface area contributed by atoms with E-state index in [4.69, 9.17) is 5.10 Å². The lowest BCUT2D eigenvalue weighted by Gasteiger charge is -2.28. The minimum absolute atomic E-state index is 0.164. The van der Waals surface area contributed by atoms with Gasteiger partial charge < -0.3 is 4.98 Å². The number of nitrogens with zero attached hydrogens (tertiary/aromatic N) is 3. The van der Waals surface area contributed by atoms with Gasteiger partial charge in [-0.3, -0.25) is 15.1 Å². The second kappa shape index (κ2) is 9.39. The summed E-state index contributed by atoms with van der Waals surface area (Å²) < 4.78 is 0. The minimum atomic E-state index is -0.571. The highest BCUT2D eigenvalue weighted by atomic mass is 16.2. The largest absolute Gasteiger partial charge is 0.324 e. The Kier molecular flexibility index (Phi) is 5.77. The maximum atomic E-state index is 14.1. The van der Waals surface area contributed by atoms with Gasteiger partial charge in [-0.2, -0.15) is 5.10 Å². The number of hydrogen-bond acceptors (Lipinski definition) is 4. The Labute approximate surface area is 215 Å². The maximum absolute atomic E-state index is 14.1. The Balaban J connectivity index is 1.47. The lowest BCUT2D eigenvalue weighted by atomic mass is 9.85. The van der Waals surface area contributed by atoms with Crippen LogP contribution in [0.1, 0.15) is 28.3 Å². The predicted molar refractivity (Wildman–Crippen MR) is 149 cm³/mol. The number of hydrazone groups is 1. The normalized spacial score (nSPS) is 17.1. The van der Waals surface area contributed by atoms with Crippen molar-refractivity contribution in [3.8, 4) is 0 Å². The fourth-order valence-corrected chi connectivity index (χ4v) is 4.86. The van der Waals surface area contributed by atoms with Crippen LogP contribution in [0.4, 0.5) is 11.6 Å². The number of nitrogens with one attached hydrogen (secondary N) is 2. The molecule has 6 rings (SSSR count). The molecule has 1 aliphatic rings. The summed E-state index contributed by atoms with van der Waals surface area (Å²) in [5, 5.41) is 10.1. The van der Waals surface area contributed by atoms with Gasteiger partial charge in [-0.25, -0.2) is 4.98 Å². The molecule has 1 aromatic heterocycles. The molecule has 0 saturated heterocycles. The predicted octanol–water partition coefficient (Wildman–Crippen LogP) is 6.40. The van der Waals surface area contributed by atoms with Crippen LogP contribution in [-0.4, -0.2) is 21.6 Å². The van der Waals surface area contributed by atoms with E-state index in [9.17, 15) is 4.79 Å². The molecular formula is C31H27N5O. The molecular weight excluding hydrogens is 458 g/mol. The fourth-order valence-electron chi connectivity index (χ4n) is 4.86. The number of rotatable bonds is 5. The van der Waals surface area contributed by atoms with Crippen LogP contribution in [0.3, 0.4) is 0 Å². The van der Waals surface area contributed by atoms with E-state index in [1.165, 1.54) is 0 Å². The number of H-pyrrole nitrogens is 1. The smallest absolute Gasteiger partial charge is 0.238 e. The number of imidazole rings is 1. The third kappa shape index (κ3) is 4.38. The highest BCUT2D eigenvalue weighted by Crippen LogP contribution is 2.41. The summed E-state index contributed by atoms with van der Waals surface area (Å²) in [6.45, 7) is 4.12. The van der Waals surface area contributed by atoms with E-state index in [0.29, 0.717) is 5.95 Å². The highest BCUT2D eigenvalue weighted by molar-refractivity contribution is 6.18. The van der Waals surface area contributed by atoms with Gasteiger partial charge in [-0.1, -0.05) is 90.0 Å². The summed E-state index contributed by atoms with van der Waals surface area (Å²) in [5.74, 6) is -0.309. The molecule has 182 valence electrons. The number of aromatic nitrogens is 2. The van der Waals surface area contributed by atoms with E-state index in [1.807, 2.05) is 71.7 Å².